The molecule has 1 aromatic heterocycles. The molecule has 2 aromatic carbocycles. The number of nitrogens with two attached hydrogens (primary N) is 1. The van der Waals surface area contributed by atoms with E-state index < -0.39 is 0 Å². The van der Waals surface area contributed by atoms with Crippen LogP contribution in [0.4, 0.5) is 0 Å². The summed E-state index contributed by atoms with van der Waals surface area (Å²) in [4.78, 5) is 3.37. The van der Waals surface area contributed by atoms with E-state index >= 15 is 0 Å². The van der Waals surface area contributed by atoms with Gasteiger partial charge < -0.3 is 10.7 Å². The molecule has 0 saturated carbocycles. The summed E-state index contributed by atoms with van der Waals surface area (Å²) in [5, 5.41) is 1.30. The van der Waals surface area contributed by atoms with Crippen molar-refractivity contribution in [3.8, 4) is 0 Å². The Bertz CT molecular complexity index is 698. The van der Waals surface area contributed by atoms with Crippen LogP contribution in [0.25, 0.3) is 10.9 Å². The third-order valence-electron chi connectivity index (χ3n) is 4.00. The molecule has 0 fully saturated rings. The van der Waals surface area contributed by atoms with E-state index in [1.165, 1.54) is 27.6 Å². The van der Waals surface area contributed by atoms with Gasteiger partial charge in [-0.1, -0.05) is 43.3 Å². The topological polar surface area (TPSA) is 41.8 Å². The van der Waals surface area contributed by atoms with Crippen molar-refractivity contribution in [2.75, 3.05) is 6.54 Å². The molecule has 3 aromatic rings. The minimum Gasteiger partial charge on any atom is -0.361 e. The van der Waals surface area contributed by atoms with E-state index in [4.69, 9.17) is 5.73 Å². The van der Waals surface area contributed by atoms with E-state index in [1.54, 1.807) is 0 Å². The van der Waals surface area contributed by atoms with Crippen molar-refractivity contribution < 1.29 is 0 Å². The number of aromatic amines is 1. The van der Waals surface area contributed by atoms with Gasteiger partial charge in [-0.05, 0) is 35.2 Å². The summed E-state index contributed by atoms with van der Waals surface area (Å²) >= 11 is 0. The number of aryl methyl sites for hydroxylation is 1. The highest BCUT2D eigenvalue weighted by atomic mass is 14.7. The first-order chi connectivity index (χ1) is 9.83. The second-order valence-electron chi connectivity index (χ2n) is 5.18. The number of benzene rings is 2. The maximum absolute atomic E-state index is 6.04. The number of rotatable bonds is 4. The summed E-state index contributed by atoms with van der Waals surface area (Å²) < 4.78 is 0. The van der Waals surface area contributed by atoms with Gasteiger partial charge in [-0.25, -0.2) is 0 Å². The van der Waals surface area contributed by atoms with Gasteiger partial charge in [-0.15, -0.1) is 0 Å². The maximum atomic E-state index is 6.04. The fourth-order valence-corrected chi connectivity index (χ4v) is 2.83. The Kier molecular flexibility index (Phi) is 3.57. The van der Waals surface area contributed by atoms with Crippen LogP contribution in [0.15, 0.2) is 54.7 Å². The Balaban J connectivity index is 2.12. The molecule has 0 amide bonds. The van der Waals surface area contributed by atoms with Crippen LogP contribution >= 0.6 is 0 Å². The summed E-state index contributed by atoms with van der Waals surface area (Å²) in [5.74, 6) is 0.247. The van der Waals surface area contributed by atoms with E-state index in [-0.39, 0.29) is 5.92 Å². The standard InChI is InChI=1S/C18H20N2/c1-2-13-8-9-18-15(10-13)17(12-20-18)16(11-19)14-6-4-3-5-7-14/h3-10,12,16,20H,2,11,19H2,1H3. The number of hydrogen-bond acceptors (Lipinski definition) is 1. The van der Waals surface area contributed by atoms with Gasteiger partial charge >= 0.3 is 0 Å². The van der Waals surface area contributed by atoms with Gasteiger partial charge in [0.1, 0.15) is 0 Å². The Morgan fingerprint density at radius 1 is 1.10 bits per heavy atom. The number of aromatic nitrogens is 1. The quantitative estimate of drug-likeness (QED) is 0.739. The summed E-state index contributed by atoms with van der Waals surface area (Å²) in [6, 6.07) is 17.1. The maximum Gasteiger partial charge on any atom is 0.0457 e. The summed E-state index contributed by atoms with van der Waals surface area (Å²) in [6.07, 6.45) is 3.16. The number of H-pyrrole nitrogens is 1. The van der Waals surface area contributed by atoms with Crippen molar-refractivity contribution in [3.63, 3.8) is 0 Å². The molecular formula is C18H20N2. The fourth-order valence-electron chi connectivity index (χ4n) is 2.83. The van der Waals surface area contributed by atoms with Gasteiger partial charge in [-0.3, -0.25) is 0 Å². The van der Waals surface area contributed by atoms with Crippen molar-refractivity contribution in [2.24, 2.45) is 5.73 Å². The number of hydrogen-bond donors (Lipinski definition) is 2. The van der Waals surface area contributed by atoms with E-state index in [1.807, 2.05) is 6.07 Å². The van der Waals surface area contributed by atoms with Crippen molar-refractivity contribution in [3.05, 3.63) is 71.4 Å². The van der Waals surface area contributed by atoms with Gasteiger partial charge in [0, 0.05) is 29.6 Å². The lowest BCUT2D eigenvalue weighted by Gasteiger charge is -2.15. The highest BCUT2D eigenvalue weighted by Crippen LogP contribution is 2.30. The molecule has 1 unspecified atom stereocenters. The second kappa shape index (κ2) is 5.51. The number of nitrogens with one attached hydrogen (secondary N) is 1. The Morgan fingerprint density at radius 2 is 1.90 bits per heavy atom. The van der Waals surface area contributed by atoms with Crippen LogP contribution in [0.2, 0.25) is 0 Å². The van der Waals surface area contributed by atoms with Crippen LogP contribution in [0.1, 0.15) is 29.5 Å². The van der Waals surface area contributed by atoms with Crippen LogP contribution in [-0.4, -0.2) is 11.5 Å². The minimum atomic E-state index is 0.247. The predicted molar refractivity (Wildman–Crippen MR) is 85.0 cm³/mol. The van der Waals surface area contributed by atoms with Gasteiger partial charge in [-0.2, -0.15) is 0 Å². The SMILES string of the molecule is CCc1ccc2[nH]cc(C(CN)c3ccccc3)c2c1. The minimum absolute atomic E-state index is 0.247. The Morgan fingerprint density at radius 3 is 2.60 bits per heavy atom. The molecule has 1 atom stereocenters. The molecule has 0 aliphatic rings. The first kappa shape index (κ1) is 12.9. The number of fused-ring (bicyclic) bond motifs is 1. The molecule has 0 saturated heterocycles. The zero-order valence-corrected chi connectivity index (χ0v) is 11.8. The molecule has 0 aliphatic carbocycles. The third kappa shape index (κ3) is 2.23. The van der Waals surface area contributed by atoms with Crippen molar-refractivity contribution >= 4 is 10.9 Å². The first-order valence-electron chi connectivity index (χ1n) is 7.18. The second-order valence-corrected chi connectivity index (χ2v) is 5.18. The Hall–Kier alpha value is -2.06. The summed E-state index contributed by atoms with van der Waals surface area (Å²) in [6.45, 7) is 2.80. The lowest BCUT2D eigenvalue weighted by atomic mass is 9.90. The molecule has 0 spiro atoms. The normalized spacial score (nSPS) is 12.7. The van der Waals surface area contributed by atoms with Crippen LogP contribution in [-0.2, 0) is 6.42 Å². The largest absolute Gasteiger partial charge is 0.361 e. The Labute approximate surface area is 119 Å². The van der Waals surface area contributed by atoms with Crippen molar-refractivity contribution in [1.82, 2.24) is 4.98 Å². The van der Waals surface area contributed by atoms with Gasteiger partial charge in [0.05, 0.1) is 0 Å². The third-order valence-corrected chi connectivity index (χ3v) is 4.00. The molecule has 3 N–H and O–H groups in total. The molecule has 20 heavy (non-hydrogen) atoms. The molecule has 1 heterocycles. The zero-order chi connectivity index (χ0) is 13.9. The lowest BCUT2D eigenvalue weighted by Crippen LogP contribution is -2.13. The molecule has 0 bridgehead atoms. The van der Waals surface area contributed by atoms with Crippen LogP contribution < -0.4 is 5.73 Å². The van der Waals surface area contributed by atoms with E-state index in [2.05, 4.69) is 60.6 Å². The highest BCUT2D eigenvalue weighted by Gasteiger charge is 2.16. The monoisotopic (exact) mass is 264 g/mol. The van der Waals surface area contributed by atoms with E-state index in [0.717, 1.165) is 6.42 Å². The van der Waals surface area contributed by atoms with Gasteiger partial charge in [0.2, 0.25) is 0 Å². The molecular weight excluding hydrogens is 244 g/mol. The van der Waals surface area contributed by atoms with Crippen LogP contribution in [0.5, 0.6) is 0 Å². The first-order valence-corrected chi connectivity index (χ1v) is 7.18. The van der Waals surface area contributed by atoms with Gasteiger partial charge in [0.25, 0.3) is 0 Å². The van der Waals surface area contributed by atoms with E-state index in [9.17, 15) is 0 Å². The average molecular weight is 264 g/mol. The molecule has 2 nitrogen and oxygen atoms in total. The highest BCUT2D eigenvalue weighted by molar-refractivity contribution is 5.85. The van der Waals surface area contributed by atoms with Crippen LogP contribution in [0.3, 0.4) is 0 Å². The lowest BCUT2D eigenvalue weighted by molar-refractivity contribution is 0.825. The molecule has 3 rings (SSSR count). The van der Waals surface area contributed by atoms with Crippen molar-refractivity contribution in [2.45, 2.75) is 19.3 Å². The van der Waals surface area contributed by atoms with Crippen molar-refractivity contribution in [1.29, 1.82) is 0 Å². The molecule has 102 valence electrons. The van der Waals surface area contributed by atoms with E-state index in [0.29, 0.717) is 6.54 Å². The molecule has 0 radical (unpaired) electrons. The van der Waals surface area contributed by atoms with Crippen LogP contribution in [0, 0.1) is 0 Å². The smallest absolute Gasteiger partial charge is 0.0457 e. The zero-order valence-electron chi connectivity index (χ0n) is 11.8. The van der Waals surface area contributed by atoms with Gasteiger partial charge in [0.15, 0.2) is 0 Å². The molecule has 2 heteroatoms. The summed E-state index contributed by atoms with van der Waals surface area (Å²) in [7, 11) is 0. The average Bonchev–Trinajstić information content (AvgIpc) is 2.92. The predicted octanol–water partition coefficient (Wildman–Crippen LogP) is 3.82. The molecule has 0 aliphatic heterocycles. The summed E-state index contributed by atoms with van der Waals surface area (Å²) in [5.41, 5.74) is 11.2. The fraction of sp³-hybridized carbons (Fsp3) is 0.222.